The van der Waals surface area contributed by atoms with Gasteiger partial charge in [-0.1, -0.05) is 13.8 Å². The van der Waals surface area contributed by atoms with E-state index in [1.54, 1.807) is 6.07 Å². The molecule has 1 aliphatic rings. The number of ketones is 1. The van der Waals surface area contributed by atoms with E-state index in [9.17, 15) is 14.9 Å². The Bertz CT molecular complexity index is 565. The highest BCUT2D eigenvalue weighted by Gasteiger charge is 2.35. The van der Waals surface area contributed by atoms with Gasteiger partial charge in [-0.2, -0.15) is 0 Å². The second-order valence-electron chi connectivity index (χ2n) is 5.89. The summed E-state index contributed by atoms with van der Waals surface area (Å²) in [4.78, 5) is 24.4. The van der Waals surface area contributed by atoms with Gasteiger partial charge in [-0.25, -0.2) is 0 Å². The molecule has 5 heteroatoms. The fourth-order valence-corrected chi connectivity index (χ4v) is 3.15. The molecule has 0 aromatic heterocycles. The van der Waals surface area contributed by atoms with Crippen LogP contribution in [0.15, 0.2) is 18.2 Å². The SMILES string of the molecule is CCC1(CC)CCN(c2ccc(C(C)=O)c([N+](=O)[O-])c2)C1. The Kier molecular flexibility index (Phi) is 4.30. The van der Waals surface area contributed by atoms with Crippen LogP contribution in [0, 0.1) is 15.5 Å². The quantitative estimate of drug-likeness (QED) is 0.470. The zero-order chi connectivity index (χ0) is 15.6. The molecule has 21 heavy (non-hydrogen) atoms. The van der Waals surface area contributed by atoms with E-state index in [1.807, 2.05) is 6.07 Å². The number of carbonyl (C=O) groups is 1. The highest BCUT2D eigenvalue weighted by Crippen LogP contribution is 2.39. The fourth-order valence-electron chi connectivity index (χ4n) is 3.15. The topological polar surface area (TPSA) is 63.5 Å². The Balaban J connectivity index is 2.32. The Morgan fingerprint density at radius 2 is 2.05 bits per heavy atom. The summed E-state index contributed by atoms with van der Waals surface area (Å²) in [6, 6.07) is 4.94. The van der Waals surface area contributed by atoms with Crippen molar-refractivity contribution in [2.45, 2.75) is 40.0 Å². The molecule has 0 amide bonds. The van der Waals surface area contributed by atoms with Crippen LogP contribution in [-0.2, 0) is 0 Å². The lowest BCUT2D eigenvalue weighted by atomic mass is 9.82. The van der Waals surface area contributed by atoms with Crippen LogP contribution >= 0.6 is 0 Å². The molecule has 1 aliphatic heterocycles. The fraction of sp³-hybridized carbons (Fsp3) is 0.562. The lowest BCUT2D eigenvalue weighted by Gasteiger charge is -2.27. The Hall–Kier alpha value is -1.91. The van der Waals surface area contributed by atoms with E-state index < -0.39 is 4.92 Å². The van der Waals surface area contributed by atoms with Crippen LogP contribution in [0.3, 0.4) is 0 Å². The van der Waals surface area contributed by atoms with E-state index >= 15 is 0 Å². The molecule has 0 atom stereocenters. The second-order valence-corrected chi connectivity index (χ2v) is 5.89. The third kappa shape index (κ3) is 2.91. The molecule has 1 fully saturated rings. The van der Waals surface area contributed by atoms with E-state index in [-0.39, 0.29) is 17.0 Å². The zero-order valence-corrected chi connectivity index (χ0v) is 12.9. The molecule has 0 saturated carbocycles. The van der Waals surface area contributed by atoms with Crippen molar-refractivity contribution in [2.75, 3.05) is 18.0 Å². The monoisotopic (exact) mass is 290 g/mol. The Morgan fingerprint density at radius 1 is 1.38 bits per heavy atom. The van der Waals surface area contributed by atoms with Gasteiger partial charge in [-0.05, 0) is 43.7 Å². The summed E-state index contributed by atoms with van der Waals surface area (Å²) >= 11 is 0. The Labute approximate surface area is 125 Å². The van der Waals surface area contributed by atoms with Crippen LogP contribution in [0.2, 0.25) is 0 Å². The number of anilines is 1. The summed E-state index contributed by atoms with van der Waals surface area (Å²) in [6.07, 6.45) is 3.35. The van der Waals surface area contributed by atoms with Crippen molar-refractivity contribution in [1.82, 2.24) is 0 Å². The summed E-state index contributed by atoms with van der Waals surface area (Å²) in [5, 5.41) is 11.2. The molecule has 5 nitrogen and oxygen atoms in total. The first-order chi connectivity index (χ1) is 9.92. The van der Waals surface area contributed by atoms with Crippen molar-refractivity contribution in [3.05, 3.63) is 33.9 Å². The molecule has 1 heterocycles. The third-order valence-corrected chi connectivity index (χ3v) is 4.86. The average molecular weight is 290 g/mol. The van der Waals surface area contributed by atoms with Gasteiger partial charge in [-0.15, -0.1) is 0 Å². The standard InChI is InChI=1S/C16H22N2O3/c1-4-16(5-2)8-9-17(11-16)13-6-7-14(12(3)19)15(10-13)18(20)21/h6-7,10H,4-5,8-9,11H2,1-3H3. The van der Waals surface area contributed by atoms with Gasteiger partial charge >= 0.3 is 0 Å². The number of nitrogens with zero attached hydrogens (tertiary/aromatic N) is 2. The molecule has 0 radical (unpaired) electrons. The molecular formula is C16H22N2O3. The number of rotatable bonds is 5. The first-order valence-electron chi connectivity index (χ1n) is 7.47. The van der Waals surface area contributed by atoms with Gasteiger partial charge in [-0.3, -0.25) is 14.9 Å². The number of hydrogen-bond donors (Lipinski definition) is 0. The molecule has 114 valence electrons. The molecule has 1 aromatic rings. The first-order valence-corrected chi connectivity index (χ1v) is 7.47. The maximum atomic E-state index is 11.5. The van der Waals surface area contributed by atoms with Crippen molar-refractivity contribution in [2.24, 2.45) is 5.41 Å². The number of hydrogen-bond acceptors (Lipinski definition) is 4. The van der Waals surface area contributed by atoms with Crippen LogP contribution in [0.5, 0.6) is 0 Å². The minimum Gasteiger partial charge on any atom is -0.371 e. The average Bonchev–Trinajstić information content (AvgIpc) is 2.91. The van der Waals surface area contributed by atoms with Crippen molar-refractivity contribution in [3.63, 3.8) is 0 Å². The second kappa shape index (κ2) is 5.84. The Morgan fingerprint density at radius 3 is 2.52 bits per heavy atom. The molecular weight excluding hydrogens is 268 g/mol. The molecule has 0 unspecified atom stereocenters. The molecule has 0 N–H and O–H groups in total. The largest absolute Gasteiger partial charge is 0.371 e. The number of nitro benzene ring substituents is 1. The van der Waals surface area contributed by atoms with Gasteiger partial charge in [0.15, 0.2) is 5.78 Å². The highest BCUT2D eigenvalue weighted by atomic mass is 16.6. The van der Waals surface area contributed by atoms with Crippen LogP contribution in [0.1, 0.15) is 50.4 Å². The van der Waals surface area contributed by atoms with E-state index in [1.165, 1.54) is 13.0 Å². The van der Waals surface area contributed by atoms with Gasteiger partial charge in [0.05, 0.1) is 10.5 Å². The predicted molar refractivity (Wildman–Crippen MR) is 82.9 cm³/mol. The van der Waals surface area contributed by atoms with Gasteiger partial charge < -0.3 is 4.90 Å². The maximum absolute atomic E-state index is 11.5. The van der Waals surface area contributed by atoms with Crippen LogP contribution in [0.25, 0.3) is 0 Å². The van der Waals surface area contributed by atoms with E-state index in [4.69, 9.17) is 0 Å². The minimum absolute atomic E-state index is 0.0921. The van der Waals surface area contributed by atoms with Gasteiger partial charge in [0.25, 0.3) is 5.69 Å². The molecule has 0 aliphatic carbocycles. The first kappa shape index (κ1) is 15.5. The summed E-state index contributed by atoms with van der Waals surface area (Å²) in [7, 11) is 0. The van der Waals surface area contributed by atoms with Gasteiger partial charge in [0.1, 0.15) is 0 Å². The van der Waals surface area contributed by atoms with Crippen LogP contribution in [-0.4, -0.2) is 23.8 Å². The highest BCUT2D eigenvalue weighted by molar-refractivity contribution is 5.98. The molecule has 1 aromatic carbocycles. The van der Waals surface area contributed by atoms with Gasteiger partial charge in [0.2, 0.25) is 0 Å². The van der Waals surface area contributed by atoms with Crippen molar-refractivity contribution in [3.8, 4) is 0 Å². The lowest BCUT2D eigenvalue weighted by molar-refractivity contribution is -0.385. The molecule has 2 rings (SSSR count). The summed E-state index contributed by atoms with van der Waals surface area (Å²) in [5.41, 5.74) is 1.25. The summed E-state index contributed by atoms with van der Waals surface area (Å²) in [5.74, 6) is -0.272. The van der Waals surface area contributed by atoms with Crippen LogP contribution < -0.4 is 4.90 Å². The smallest absolute Gasteiger partial charge is 0.282 e. The van der Waals surface area contributed by atoms with Crippen LogP contribution in [0.4, 0.5) is 11.4 Å². The maximum Gasteiger partial charge on any atom is 0.282 e. The van der Waals surface area contributed by atoms with Crippen molar-refractivity contribution in [1.29, 1.82) is 0 Å². The lowest BCUT2D eigenvalue weighted by Crippen LogP contribution is -2.26. The van der Waals surface area contributed by atoms with E-state index in [2.05, 4.69) is 18.7 Å². The number of benzene rings is 1. The zero-order valence-electron chi connectivity index (χ0n) is 12.9. The van der Waals surface area contributed by atoms with E-state index in [0.29, 0.717) is 5.41 Å². The number of nitro groups is 1. The normalized spacial score (nSPS) is 17.0. The molecule has 0 bridgehead atoms. The summed E-state index contributed by atoms with van der Waals surface area (Å²) < 4.78 is 0. The van der Waals surface area contributed by atoms with Crippen molar-refractivity contribution >= 4 is 17.2 Å². The summed E-state index contributed by atoms with van der Waals surface area (Å²) in [6.45, 7) is 7.61. The van der Waals surface area contributed by atoms with E-state index in [0.717, 1.165) is 38.0 Å². The molecule has 1 saturated heterocycles. The number of carbonyl (C=O) groups excluding carboxylic acids is 1. The molecule has 0 spiro atoms. The van der Waals surface area contributed by atoms with Gasteiger partial charge in [0, 0.05) is 24.8 Å². The van der Waals surface area contributed by atoms with Crippen molar-refractivity contribution < 1.29 is 9.72 Å². The minimum atomic E-state index is -0.469. The number of Topliss-reactive ketones (excluding diaryl/α,β-unsaturated/α-hetero) is 1. The predicted octanol–water partition coefficient (Wildman–Crippen LogP) is 3.81. The third-order valence-electron chi connectivity index (χ3n) is 4.86.